The Morgan fingerprint density at radius 1 is 0.962 bits per heavy atom. The van der Waals surface area contributed by atoms with Gasteiger partial charge in [0.05, 0.1) is 25.9 Å². The minimum Gasteiger partial charge on any atom is -0.396 e. The van der Waals surface area contributed by atoms with E-state index in [1.165, 1.54) is 11.1 Å². The quantitative estimate of drug-likeness (QED) is 0.751. The molecule has 0 aliphatic carbocycles. The van der Waals surface area contributed by atoms with Gasteiger partial charge in [-0.25, -0.2) is 0 Å². The average Bonchev–Trinajstić information content (AvgIpc) is 2.72. The third kappa shape index (κ3) is 5.64. The molecule has 26 heavy (non-hydrogen) atoms. The molecular formula is C22H29NO3. The van der Waals surface area contributed by atoms with Gasteiger partial charge in [0.2, 0.25) is 0 Å². The smallest absolute Gasteiger partial charge is 0.0967 e. The molecule has 4 heteroatoms. The first-order valence-corrected chi connectivity index (χ1v) is 9.49. The molecule has 2 unspecified atom stereocenters. The van der Waals surface area contributed by atoms with Crippen LogP contribution in [-0.2, 0) is 22.4 Å². The normalized spacial score (nSPS) is 18.8. The number of aliphatic hydroxyl groups is 1. The van der Waals surface area contributed by atoms with Gasteiger partial charge < -0.3 is 14.6 Å². The maximum Gasteiger partial charge on any atom is 0.0967 e. The second-order valence-corrected chi connectivity index (χ2v) is 6.77. The van der Waals surface area contributed by atoms with E-state index in [9.17, 15) is 5.11 Å². The van der Waals surface area contributed by atoms with E-state index < -0.39 is 0 Å². The van der Waals surface area contributed by atoms with Crippen LogP contribution in [0, 0.1) is 0 Å². The first kappa shape index (κ1) is 19.1. The van der Waals surface area contributed by atoms with E-state index in [0.717, 1.165) is 25.9 Å². The molecule has 0 bridgehead atoms. The molecule has 2 aromatic rings. The Hall–Kier alpha value is -1.72. The van der Waals surface area contributed by atoms with E-state index in [2.05, 4.69) is 53.4 Å². The van der Waals surface area contributed by atoms with E-state index in [4.69, 9.17) is 9.47 Å². The van der Waals surface area contributed by atoms with Crippen LogP contribution in [0.4, 0.5) is 0 Å². The van der Waals surface area contributed by atoms with Gasteiger partial charge in [-0.3, -0.25) is 4.90 Å². The largest absolute Gasteiger partial charge is 0.396 e. The van der Waals surface area contributed by atoms with Crippen LogP contribution < -0.4 is 0 Å². The molecule has 3 rings (SSSR count). The van der Waals surface area contributed by atoms with Crippen LogP contribution in [0.15, 0.2) is 60.7 Å². The first-order chi connectivity index (χ1) is 12.9. The topological polar surface area (TPSA) is 41.9 Å². The van der Waals surface area contributed by atoms with Gasteiger partial charge in [-0.05, 0) is 24.0 Å². The summed E-state index contributed by atoms with van der Waals surface area (Å²) < 4.78 is 11.8. The number of hydrogen-bond acceptors (Lipinski definition) is 4. The summed E-state index contributed by atoms with van der Waals surface area (Å²) in [4.78, 5) is 2.44. The molecule has 2 aromatic carbocycles. The zero-order chi connectivity index (χ0) is 18.0. The fourth-order valence-electron chi connectivity index (χ4n) is 3.53. The van der Waals surface area contributed by atoms with Crippen molar-refractivity contribution in [2.45, 2.75) is 31.5 Å². The Bertz CT molecular complexity index is 614. The standard InChI is InChI=1S/C22H29NO3/c24-13-7-12-23(17-20-10-5-2-6-11-20)21(22-18-25-14-15-26-22)16-19-8-3-1-4-9-19/h1-6,8-11,21-22,24H,7,12-18H2. The summed E-state index contributed by atoms with van der Waals surface area (Å²) in [5.74, 6) is 0. The van der Waals surface area contributed by atoms with E-state index in [0.29, 0.717) is 19.8 Å². The monoisotopic (exact) mass is 355 g/mol. The number of rotatable bonds is 9. The molecule has 1 N–H and O–H groups in total. The lowest BCUT2D eigenvalue weighted by atomic mass is 9.98. The molecule has 4 nitrogen and oxygen atoms in total. The fourth-order valence-corrected chi connectivity index (χ4v) is 3.53. The fraction of sp³-hybridized carbons (Fsp3) is 0.455. The van der Waals surface area contributed by atoms with Crippen LogP contribution in [0.2, 0.25) is 0 Å². The molecule has 2 atom stereocenters. The van der Waals surface area contributed by atoms with Crippen molar-refractivity contribution in [2.24, 2.45) is 0 Å². The lowest BCUT2D eigenvalue weighted by molar-refractivity contribution is -0.120. The van der Waals surface area contributed by atoms with Gasteiger partial charge >= 0.3 is 0 Å². The minimum absolute atomic E-state index is 0.0476. The predicted octanol–water partition coefficient (Wildman–Crippen LogP) is 2.90. The van der Waals surface area contributed by atoms with Crippen LogP contribution in [0.3, 0.4) is 0 Å². The minimum atomic E-state index is 0.0476. The third-order valence-electron chi connectivity index (χ3n) is 4.86. The molecule has 0 radical (unpaired) electrons. The zero-order valence-electron chi connectivity index (χ0n) is 15.3. The average molecular weight is 355 g/mol. The van der Waals surface area contributed by atoms with Crippen molar-refractivity contribution in [2.75, 3.05) is 33.0 Å². The van der Waals surface area contributed by atoms with Crippen molar-refractivity contribution in [1.29, 1.82) is 0 Å². The summed E-state index contributed by atoms with van der Waals surface area (Å²) in [7, 11) is 0. The van der Waals surface area contributed by atoms with Crippen molar-refractivity contribution in [3.63, 3.8) is 0 Å². The Morgan fingerprint density at radius 2 is 1.65 bits per heavy atom. The molecule has 1 aliphatic heterocycles. The summed E-state index contributed by atoms with van der Waals surface area (Å²) in [5, 5.41) is 9.38. The molecule has 1 saturated heterocycles. The SMILES string of the molecule is OCCCN(Cc1ccccc1)C(Cc1ccccc1)C1COCCO1. The van der Waals surface area contributed by atoms with Gasteiger partial charge in [-0.15, -0.1) is 0 Å². The number of hydrogen-bond donors (Lipinski definition) is 1. The van der Waals surface area contributed by atoms with Gasteiger partial charge in [0.15, 0.2) is 0 Å². The molecule has 0 spiro atoms. The van der Waals surface area contributed by atoms with Gasteiger partial charge in [0.25, 0.3) is 0 Å². The molecule has 0 aromatic heterocycles. The van der Waals surface area contributed by atoms with Crippen LogP contribution in [0.5, 0.6) is 0 Å². The Kier molecular flexibility index (Phi) is 7.65. The van der Waals surface area contributed by atoms with Gasteiger partial charge in [-0.1, -0.05) is 60.7 Å². The van der Waals surface area contributed by atoms with E-state index in [1.807, 2.05) is 12.1 Å². The van der Waals surface area contributed by atoms with Crippen molar-refractivity contribution in [3.05, 3.63) is 71.8 Å². The summed E-state index contributed by atoms with van der Waals surface area (Å²) in [5.41, 5.74) is 2.58. The van der Waals surface area contributed by atoms with Gasteiger partial charge in [0, 0.05) is 25.7 Å². The van der Waals surface area contributed by atoms with E-state index in [1.54, 1.807) is 0 Å². The first-order valence-electron chi connectivity index (χ1n) is 9.49. The van der Waals surface area contributed by atoms with Crippen molar-refractivity contribution in [3.8, 4) is 0 Å². The molecule has 1 fully saturated rings. The highest BCUT2D eigenvalue weighted by Crippen LogP contribution is 2.20. The molecule has 1 heterocycles. The molecule has 0 saturated carbocycles. The maximum absolute atomic E-state index is 9.38. The van der Waals surface area contributed by atoms with Crippen molar-refractivity contribution >= 4 is 0 Å². The van der Waals surface area contributed by atoms with E-state index in [-0.39, 0.29) is 18.8 Å². The highest BCUT2D eigenvalue weighted by Gasteiger charge is 2.30. The van der Waals surface area contributed by atoms with E-state index >= 15 is 0 Å². The summed E-state index contributed by atoms with van der Waals surface area (Å²) in [6.07, 6.45) is 1.71. The highest BCUT2D eigenvalue weighted by molar-refractivity contribution is 5.18. The van der Waals surface area contributed by atoms with Crippen LogP contribution in [-0.4, -0.2) is 55.1 Å². The van der Waals surface area contributed by atoms with Gasteiger partial charge in [-0.2, -0.15) is 0 Å². The lowest BCUT2D eigenvalue weighted by Gasteiger charge is -2.38. The van der Waals surface area contributed by atoms with Crippen molar-refractivity contribution in [1.82, 2.24) is 4.90 Å². The number of ether oxygens (including phenoxy) is 2. The number of benzene rings is 2. The second kappa shape index (κ2) is 10.4. The second-order valence-electron chi connectivity index (χ2n) is 6.77. The molecular weight excluding hydrogens is 326 g/mol. The number of aliphatic hydroxyl groups excluding tert-OH is 1. The summed E-state index contributed by atoms with van der Waals surface area (Å²) in [6.45, 7) is 3.83. The summed E-state index contributed by atoms with van der Waals surface area (Å²) >= 11 is 0. The van der Waals surface area contributed by atoms with Gasteiger partial charge in [0.1, 0.15) is 0 Å². The Balaban J connectivity index is 1.80. The van der Waals surface area contributed by atoms with Crippen molar-refractivity contribution < 1.29 is 14.6 Å². The Morgan fingerprint density at radius 3 is 2.27 bits per heavy atom. The lowest BCUT2D eigenvalue weighted by Crippen LogP contribution is -2.50. The third-order valence-corrected chi connectivity index (χ3v) is 4.86. The van der Waals surface area contributed by atoms with Crippen LogP contribution >= 0.6 is 0 Å². The Labute approximate surface area is 156 Å². The van der Waals surface area contributed by atoms with Crippen LogP contribution in [0.25, 0.3) is 0 Å². The highest BCUT2D eigenvalue weighted by atomic mass is 16.6. The number of nitrogens with zero attached hydrogens (tertiary/aromatic N) is 1. The molecule has 140 valence electrons. The summed E-state index contributed by atoms with van der Waals surface area (Å²) in [6, 6.07) is 21.3. The molecule has 0 amide bonds. The maximum atomic E-state index is 9.38. The zero-order valence-corrected chi connectivity index (χ0v) is 15.3. The predicted molar refractivity (Wildman–Crippen MR) is 103 cm³/mol. The van der Waals surface area contributed by atoms with Crippen LogP contribution in [0.1, 0.15) is 17.5 Å². The molecule has 1 aliphatic rings.